The fourth-order valence-electron chi connectivity index (χ4n) is 6.11. The number of nitrogens with one attached hydrogen (secondary N) is 1. The smallest absolute Gasteiger partial charge is 0.176 e. The number of H-pyrrole nitrogens is 1. The van der Waals surface area contributed by atoms with E-state index in [0.717, 1.165) is 45.8 Å². The van der Waals surface area contributed by atoms with Gasteiger partial charge in [-0.25, -0.2) is 0 Å². The van der Waals surface area contributed by atoms with Gasteiger partial charge in [-0.1, -0.05) is 52.0 Å². The van der Waals surface area contributed by atoms with E-state index in [-0.39, 0.29) is 29.3 Å². The maximum Gasteiger partial charge on any atom is 0.176 e. The van der Waals surface area contributed by atoms with E-state index in [2.05, 4.69) is 63.0 Å². The number of phenols is 2. The molecule has 0 aliphatic carbocycles. The van der Waals surface area contributed by atoms with Crippen LogP contribution in [0, 0.1) is 13.8 Å². The Hall–Kier alpha value is -3.73. The fourth-order valence-corrected chi connectivity index (χ4v) is 6.11. The summed E-state index contributed by atoms with van der Waals surface area (Å²) in [6.45, 7) is 13.2. The molecule has 3 N–H and O–H groups in total. The number of aryl methyl sites for hydroxylation is 2. The van der Waals surface area contributed by atoms with Crippen LogP contribution in [-0.4, -0.2) is 27.5 Å². The molecule has 5 heteroatoms. The maximum atomic E-state index is 11.7. The van der Waals surface area contributed by atoms with Crippen LogP contribution in [0.1, 0.15) is 90.1 Å². The van der Waals surface area contributed by atoms with Gasteiger partial charge in [0, 0.05) is 28.6 Å². The molecule has 2 aliphatic heterocycles. The van der Waals surface area contributed by atoms with Crippen LogP contribution >= 0.6 is 0 Å². The van der Waals surface area contributed by atoms with Crippen LogP contribution in [0.5, 0.6) is 23.0 Å². The van der Waals surface area contributed by atoms with Crippen LogP contribution in [0.3, 0.4) is 0 Å². The summed E-state index contributed by atoms with van der Waals surface area (Å²) in [6, 6.07) is 12.4. The molecule has 3 heterocycles. The van der Waals surface area contributed by atoms with Crippen LogP contribution in [0.2, 0.25) is 0 Å². The van der Waals surface area contributed by atoms with Crippen molar-refractivity contribution in [3.05, 3.63) is 81.0 Å². The largest absolute Gasteiger partial charge is 0.507 e. The minimum Gasteiger partial charge on any atom is -0.507 e. The lowest BCUT2D eigenvalue weighted by Crippen LogP contribution is -2.26. The van der Waals surface area contributed by atoms with Crippen LogP contribution in [0.4, 0.5) is 0 Å². The normalized spacial score (nSPS) is 16.4. The third kappa shape index (κ3) is 3.47. The highest BCUT2D eigenvalue weighted by molar-refractivity contribution is 6.12. The second-order valence-electron chi connectivity index (χ2n) is 11.2. The number of fused-ring (bicyclic) bond motifs is 5. The Morgan fingerprint density at radius 2 is 1.68 bits per heavy atom. The molecular weight excluding hydrogens is 460 g/mol. The SMILES string of the molecule is Cc1ccc2c3c([nH]c2c1)C(C1c2c(C)ccc(C(C)C)c2Oc2c(O)cc(C(C)C)c(O)c21)=NCC3. The van der Waals surface area contributed by atoms with Crippen molar-refractivity contribution in [2.45, 2.75) is 65.7 Å². The van der Waals surface area contributed by atoms with E-state index in [4.69, 9.17) is 9.73 Å². The maximum absolute atomic E-state index is 11.7. The summed E-state index contributed by atoms with van der Waals surface area (Å²) in [5, 5.41) is 24.1. The number of rotatable bonds is 3. The summed E-state index contributed by atoms with van der Waals surface area (Å²) in [6.07, 6.45) is 0.860. The summed E-state index contributed by atoms with van der Waals surface area (Å²) in [7, 11) is 0. The van der Waals surface area contributed by atoms with Gasteiger partial charge in [0.25, 0.3) is 0 Å². The summed E-state index contributed by atoms with van der Waals surface area (Å²) in [5.41, 5.74) is 9.93. The topological polar surface area (TPSA) is 77.8 Å². The second kappa shape index (κ2) is 8.41. The highest BCUT2D eigenvalue weighted by atomic mass is 16.5. The van der Waals surface area contributed by atoms with Gasteiger partial charge in [0.15, 0.2) is 11.5 Å². The molecule has 0 spiro atoms. The van der Waals surface area contributed by atoms with Crippen LogP contribution in [0.15, 0.2) is 41.4 Å². The standard InChI is InChI=1S/C32H34N2O3/c1-15(2)19-10-8-18(6)25-26(27-30(36)22(16(3)4)14-24(35)32(27)37-31(19)25)29-28-21(11-12-33-29)20-9-7-17(5)13-23(20)34-28/h7-10,13-16,26,34-36H,11-12H2,1-6H3. The van der Waals surface area contributed by atoms with Crippen molar-refractivity contribution in [2.24, 2.45) is 4.99 Å². The van der Waals surface area contributed by atoms with E-state index in [1.165, 1.54) is 16.5 Å². The van der Waals surface area contributed by atoms with Gasteiger partial charge >= 0.3 is 0 Å². The molecule has 0 amide bonds. The molecule has 0 bridgehead atoms. The zero-order valence-electron chi connectivity index (χ0n) is 22.4. The van der Waals surface area contributed by atoms with E-state index < -0.39 is 0 Å². The number of aromatic amines is 1. The molecule has 2 aliphatic rings. The third-order valence-corrected chi connectivity index (χ3v) is 8.00. The first-order valence-electron chi connectivity index (χ1n) is 13.2. The predicted molar refractivity (Wildman–Crippen MR) is 149 cm³/mol. The van der Waals surface area contributed by atoms with Gasteiger partial charge in [0.05, 0.1) is 22.9 Å². The number of aromatic hydroxyl groups is 2. The van der Waals surface area contributed by atoms with Gasteiger partial charge in [-0.3, -0.25) is 4.99 Å². The van der Waals surface area contributed by atoms with Crippen molar-refractivity contribution in [1.82, 2.24) is 4.98 Å². The molecule has 3 aromatic carbocycles. The van der Waals surface area contributed by atoms with Crippen molar-refractivity contribution in [3.63, 3.8) is 0 Å². The van der Waals surface area contributed by atoms with Gasteiger partial charge in [0.2, 0.25) is 0 Å². The van der Waals surface area contributed by atoms with Crippen LogP contribution in [-0.2, 0) is 6.42 Å². The summed E-state index contributed by atoms with van der Waals surface area (Å²) >= 11 is 0. The first kappa shape index (κ1) is 23.7. The molecule has 0 saturated heterocycles. The number of phenolic OH excluding ortho intramolecular Hbond substituents is 2. The minimum atomic E-state index is -0.379. The molecule has 37 heavy (non-hydrogen) atoms. The Labute approximate surface area is 217 Å². The summed E-state index contributed by atoms with van der Waals surface area (Å²) < 4.78 is 6.51. The average Bonchev–Trinajstić information content (AvgIpc) is 3.22. The van der Waals surface area contributed by atoms with Gasteiger partial charge < -0.3 is 19.9 Å². The molecule has 1 unspecified atom stereocenters. The lowest BCUT2D eigenvalue weighted by molar-refractivity contribution is 0.378. The summed E-state index contributed by atoms with van der Waals surface area (Å²) in [5.74, 6) is 1.19. The average molecular weight is 495 g/mol. The zero-order valence-corrected chi connectivity index (χ0v) is 22.4. The number of hydrogen-bond donors (Lipinski definition) is 3. The quantitative estimate of drug-likeness (QED) is 0.255. The molecule has 0 radical (unpaired) electrons. The van der Waals surface area contributed by atoms with Crippen molar-refractivity contribution < 1.29 is 14.9 Å². The van der Waals surface area contributed by atoms with Gasteiger partial charge in [-0.15, -0.1) is 0 Å². The third-order valence-electron chi connectivity index (χ3n) is 8.00. The number of nitrogens with zero attached hydrogens (tertiary/aromatic N) is 1. The molecule has 1 atom stereocenters. The Balaban J connectivity index is 1.70. The fraction of sp³-hybridized carbons (Fsp3) is 0.344. The molecule has 6 rings (SSSR count). The molecule has 0 saturated carbocycles. The molecule has 0 fully saturated rings. The van der Waals surface area contributed by atoms with Crippen molar-refractivity contribution in [2.75, 3.05) is 6.54 Å². The zero-order chi connectivity index (χ0) is 26.2. The van der Waals surface area contributed by atoms with Crippen LogP contribution < -0.4 is 4.74 Å². The molecule has 1 aromatic heterocycles. The first-order chi connectivity index (χ1) is 17.7. The van der Waals surface area contributed by atoms with Crippen LogP contribution in [0.25, 0.3) is 10.9 Å². The van der Waals surface area contributed by atoms with E-state index >= 15 is 0 Å². The van der Waals surface area contributed by atoms with Gasteiger partial charge in [-0.05, 0) is 66.5 Å². The first-order valence-corrected chi connectivity index (χ1v) is 13.2. The Bertz CT molecular complexity index is 1610. The van der Waals surface area contributed by atoms with Gasteiger partial charge in [-0.2, -0.15) is 0 Å². The van der Waals surface area contributed by atoms with Gasteiger partial charge in [0.1, 0.15) is 11.5 Å². The minimum absolute atomic E-state index is 0.0289. The molecule has 5 nitrogen and oxygen atoms in total. The predicted octanol–water partition coefficient (Wildman–Crippen LogP) is 7.73. The van der Waals surface area contributed by atoms with E-state index in [1.807, 2.05) is 13.8 Å². The Morgan fingerprint density at radius 1 is 0.919 bits per heavy atom. The highest BCUT2D eigenvalue weighted by Crippen LogP contribution is 2.57. The number of ether oxygens (including phenoxy) is 1. The monoisotopic (exact) mass is 494 g/mol. The van der Waals surface area contributed by atoms with Crippen molar-refractivity contribution in [1.29, 1.82) is 0 Å². The molecular formula is C32H34N2O3. The number of aromatic nitrogens is 1. The lowest BCUT2D eigenvalue weighted by atomic mass is 9.76. The Kier molecular flexibility index (Phi) is 5.37. The number of aliphatic imine (C=N–C) groups is 1. The molecule has 190 valence electrons. The second-order valence-corrected chi connectivity index (χ2v) is 11.2. The van der Waals surface area contributed by atoms with E-state index in [9.17, 15) is 10.2 Å². The van der Waals surface area contributed by atoms with E-state index in [0.29, 0.717) is 23.4 Å². The van der Waals surface area contributed by atoms with E-state index in [1.54, 1.807) is 6.07 Å². The number of benzene rings is 3. The Morgan fingerprint density at radius 3 is 2.41 bits per heavy atom. The number of hydrogen-bond acceptors (Lipinski definition) is 4. The summed E-state index contributed by atoms with van der Waals surface area (Å²) in [4.78, 5) is 8.79. The van der Waals surface area contributed by atoms with Crippen molar-refractivity contribution >= 4 is 16.6 Å². The van der Waals surface area contributed by atoms with Crippen molar-refractivity contribution in [3.8, 4) is 23.0 Å². The highest BCUT2D eigenvalue weighted by Gasteiger charge is 2.41. The molecule has 4 aromatic rings. The lowest BCUT2D eigenvalue weighted by Gasteiger charge is -2.35.